The minimum Gasteiger partial charge on any atom is -0.307 e. The van der Waals surface area contributed by atoms with Gasteiger partial charge in [-0.05, 0) is 36.8 Å². The molecule has 1 aliphatic rings. The van der Waals surface area contributed by atoms with Crippen molar-refractivity contribution in [2.45, 2.75) is 51.7 Å². The standard InChI is InChI=1S/C16H22N4/c1-2-9-20-16(18-12-19-20)11-17-15-8-7-13-5-3-4-6-14(13)10-15/h3-6,12,15,17H,2,7-11H2,1H3. The SMILES string of the molecule is CCCn1ncnc1CNC1CCc2ccccc2C1. The molecule has 0 aliphatic heterocycles. The molecule has 1 aromatic heterocycles. The molecule has 1 aliphatic carbocycles. The monoisotopic (exact) mass is 270 g/mol. The normalized spacial score (nSPS) is 17.9. The first-order chi connectivity index (χ1) is 9.86. The number of benzene rings is 1. The first kappa shape index (κ1) is 13.3. The Hall–Kier alpha value is -1.68. The van der Waals surface area contributed by atoms with Crippen LogP contribution in [0, 0.1) is 0 Å². The maximum absolute atomic E-state index is 4.35. The summed E-state index contributed by atoms with van der Waals surface area (Å²) in [6.45, 7) is 3.92. The van der Waals surface area contributed by atoms with Crippen molar-refractivity contribution in [1.29, 1.82) is 0 Å². The summed E-state index contributed by atoms with van der Waals surface area (Å²) in [6.07, 6.45) is 6.25. The van der Waals surface area contributed by atoms with E-state index in [4.69, 9.17) is 0 Å². The smallest absolute Gasteiger partial charge is 0.140 e. The van der Waals surface area contributed by atoms with E-state index in [0.717, 1.165) is 31.8 Å². The highest BCUT2D eigenvalue weighted by atomic mass is 15.3. The summed E-state index contributed by atoms with van der Waals surface area (Å²) in [5.74, 6) is 1.05. The van der Waals surface area contributed by atoms with Gasteiger partial charge in [0.05, 0.1) is 6.54 Å². The number of aryl methyl sites for hydroxylation is 2. The fourth-order valence-corrected chi connectivity index (χ4v) is 2.93. The molecule has 0 spiro atoms. The van der Waals surface area contributed by atoms with Crippen LogP contribution in [0.25, 0.3) is 0 Å². The van der Waals surface area contributed by atoms with E-state index in [2.05, 4.69) is 46.6 Å². The van der Waals surface area contributed by atoms with Crippen LogP contribution < -0.4 is 5.32 Å². The first-order valence-electron chi connectivity index (χ1n) is 7.53. The summed E-state index contributed by atoms with van der Waals surface area (Å²) < 4.78 is 2.00. The molecule has 1 atom stereocenters. The molecule has 4 heteroatoms. The molecule has 3 rings (SSSR count). The van der Waals surface area contributed by atoms with Gasteiger partial charge in [0, 0.05) is 12.6 Å². The Balaban J connectivity index is 1.59. The average Bonchev–Trinajstić information content (AvgIpc) is 2.93. The van der Waals surface area contributed by atoms with E-state index in [-0.39, 0.29) is 0 Å². The van der Waals surface area contributed by atoms with E-state index in [1.165, 1.54) is 24.0 Å². The van der Waals surface area contributed by atoms with Crippen LogP contribution in [-0.2, 0) is 25.9 Å². The van der Waals surface area contributed by atoms with E-state index in [1.54, 1.807) is 6.33 Å². The summed E-state index contributed by atoms with van der Waals surface area (Å²) in [4.78, 5) is 4.35. The minimum atomic E-state index is 0.552. The number of aromatic nitrogens is 3. The van der Waals surface area contributed by atoms with Crippen molar-refractivity contribution in [2.75, 3.05) is 0 Å². The molecule has 20 heavy (non-hydrogen) atoms. The zero-order chi connectivity index (χ0) is 13.8. The van der Waals surface area contributed by atoms with Crippen molar-refractivity contribution in [3.05, 3.63) is 47.5 Å². The lowest BCUT2D eigenvalue weighted by molar-refractivity contribution is 0.438. The van der Waals surface area contributed by atoms with Crippen molar-refractivity contribution >= 4 is 0 Å². The van der Waals surface area contributed by atoms with Crippen molar-refractivity contribution in [1.82, 2.24) is 20.1 Å². The largest absolute Gasteiger partial charge is 0.307 e. The third-order valence-corrected chi connectivity index (χ3v) is 4.03. The molecule has 0 saturated carbocycles. The van der Waals surface area contributed by atoms with Gasteiger partial charge in [0.1, 0.15) is 12.2 Å². The van der Waals surface area contributed by atoms with E-state index in [1.807, 2.05) is 4.68 Å². The Morgan fingerprint density at radius 1 is 1.30 bits per heavy atom. The fraction of sp³-hybridized carbons (Fsp3) is 0.500. The van der Waals surface area contributed by atoms with Crippen molar-refractivity contribution < 1.29 is 0 Å². The van der Waals surface area contributed by atoms with Crippen LogP contribution >= 0.6 is 0 Å². The molecule has 1 N–H and O–H groups in total. The molecule has 0 fully saturated rings. The number of hydrogen-bond donors (Lipinski definition) is 1. The van der Waals surface area contributed by atoms with Gasteiger partial charge in [0.25, 0.3) is 0 Å². The highest BCUT2D eigenvalue weighted by Crippen LogP contribution is 2.21. The highest BCUT2D eigenvalue weighted by Gasteiger charge is 2.18. The zero-order valence-electron chi connectivity index (χ0n) is 12.0. The third kappa shape index (κ3) is 2.90. The van der Waals surface area contributed by atoms with Crippen LogP contribution in [-0.4, -0.2) is 20.8 Å². The lowest BCUT2D eigenvalue weighted by atomic mass is 9.88. The molecule has 1 unspecified atom stereocenters. The Labute approximate surface area is 120 Å². The number of nitrogens with one attached hydrogen (secondary N) is 1. The molecule has 0 saturated heterocycles. The summed E-state index contributed by atoms with van der Waals surface area (Å²) in [5, 5.41) is 7.91. The number of nitrogens with zero attached hydrogens (tertiary/aromatic N) is 3. The van der Waals surface area contributed by atoms with Gasteiger partial charge < -0.3 is 5.32 Å². The lowest BCUT2D eigenvalue weighted by Crippen LogP contribution is -2.34. The summed E-state index contributed by atoms with van der Waals surface area (Å²) in [5.41, 5.74) is 3.01. The van der Waals surface area contributed by atoms with Gasteiger partial charge in [-0.1, -0.05) is 31.2 Å². The molecular weight excluding hydrogens is 248 g/mol. The Kier molecular flexibility index (Phi) is 4.11. The highest BCUT2D eigenvalue weighted by molar-refractivity contribution is 5.30. The van der Waals surface area contributed by atoms with E-state index >= 15 is 0 Å². The van der Waals surface area contributed by atoms with Gasteiger partial charge in [-0.15, -0.1) is 0 Å². The predicted molar refractivity (Wildman–Crippen MR) is 79.4 cm³/mol. The van der Waals surface area contributed by atoms with Crippen molar-refractivity contribution in [2.24, 2.45) is 0 Å². The molecule has 0 bridgehead atoms. The molecule has 1 aromatic carbocycles. The summed E-state index contributed by atoms with van der Waals surface area (Å²) in [7, 11) is 0. The van der Waals surface area contributed by atoms with Gasteiger partial charge in [0.15, 0.2) is 0 Å². The van der Waals surface area contributed by atoms with Crippen LogP contribution in [0.1, 0.15) is 36.7 Å². The second kappa shape index (κ2) is 6.18. The molecule has 0 amide bonds. The summed E-state index contributed by atoms with van der Waals surface area (Å²) in [6, 6.07) is 9.34. The fourth-order valence-electron chi connectivity index (χ4n) is 2.93. The van der Waals surface area contributed by atoms with Crippen molar-refractivity contribution in [3.63, 3.8) is 0 Å². The number of fused-ring (bicyclic) bond motifs is 1. The maximum atomic E-state index is 4.35. The maximum Gasteiger partial charge on any atom is 0.140 e. The Bertz CT molecular complexity index is 561. The molecule has 2 aromatic rings. The summed E-state index contributed by atoms with van der Waals surface area (Å²) >= 11 is 0. The molecule has 0 radical (unpaired) electrons. The molecular formula is C16H22N4. The van der Waals surface area contributed by atoms with Crippen LogP contribution in [0.4, 0.5) is 0 Å². The predicted octanol–water partition coefficient (Wildman–Crippen LogP) is 2.34. The molecule has 1 heterocycles. The number of rotatable bonds is 5. The Morgan fingerprint density at radius 2 is 2.15 bits per heavy atom. The van der Waals surface area contributed by atoms with Crippen LogP contribution in [0.2, 0.25) is 0 Å². The second-order valence-corrected chi connectivity index (χ2v) is 5.49. The van der Waals surface area contributed by atoms with Gasteiger partial charge in [-0.3, -0.25) is 0 Å². The van der Waals surface area contributed by atoms with Crippen molar-refractivity contribution in [3.8, 4) is 0 Å². The average molecular weight is 270 g/mol. The van der Waals surface area contributed by atoms with E-state index in [9.17, 15) is 0 Å². The van der Waals surface area contributed by atoms with Gasteiger partial charge >= 0.3 is 0 Å². The van der Waals surface area contributed by atoms with Crippen LogP contribution in [0.3, 0.4) is 0 Å². The van der Waals surface area contributed by atoms with E-state index < -0.39 is 0 Å². The molecule has 4 nitrogen and oxygen atoms in total. The van der Waals surface area contributed by atoms with Gasteiger partial charge in [-0.2, -0.15) is 5.10 Å². The van der Waals surface area contributed by atoms with E-state index in [0.29, 0.717) is 6.04 Å². The Morgan fingerprint density at radius 3 is 3.00 bits per heavy atom. The van der Waals surface area contributed by atoms with Gasteiger partial charge in [0.2, 0.25) is 0 Å². The first-order valence-corrected chi connectivity index (χ1v) is 7.53. The topological polar surface area (TPSA) is 42.7 Å². The zero-order valence-corrected chi connectivity index (χ0v) is 12.0. The second-order valence-electron chi connectivity index (χ2n) is 5.49. The van der Waals surface area contributed by atoms with Crippen LogP contribution in [0.15, 0.2) is 30.6 Å². The quantitative estimate of drug-likeness (QED) is 0.907. The number of hydrogen-bond acceptors (Lipinski definition) is 3. The lowest BCUT2D eigenvalue weighted by Gasteiger charge is -2.25. The minimum absolute atomic E-state index is 0.552. The molecule has 106 valence electrons. The van der Waals surface area contributed by atoms with Crippen LogP contribution in [0.5, 0.6) is 0 Å². The van der Waals surface area contributed by atoms with Gasteiger partial charge in [-0.25, -0.2) is 9.67 Å². The third-order valence-electron chi connectivity index (χ3n) is 4.03.